The van der Waals surface area contributed by atoms with Crippen molar-refractivity contribution in [2.24, 2.45) is 5.73 Å². The molecule has 2 aromatic carbocycles. The third kappa shape index (κ3) is 4.05. The molecule has 1 amide bonds. The first-order valence-electron chi connectivity index (χ1n) is 7.02. The van der Waals surface area contributed by atoms with Gasteiger partial charge in [0.15, 0.2) is 11.6 Å². The van der Waals surface area contributed by atoms with Gasteiger partial charge in [-0.3, -0.25) is 4.79 Å². The molecule has 0 heterocycles. The Bertz CT molecular complexity index is 619. The zero-order valence-corrected chi connectivity index (χ0v) is 12.4. The number of benzene rings is 2. The number of nitrogens with zero attached hydrogens (tertiary/aromatic N) is 1. The van der Waals surface area contributed by atoms with Crippen LogP contribution in [0.15, 0.2) is 54.6 Å². The molecule has 0 aliphatic carbocycles. The van der Waals surface area contributed by atoms with Gasteiger partial charge in [0.25, 0.3) is 0 Å². The Hall–Kier alpha value is -2.40. The number of hydrogen-bond acceptors (Lipinski definition) is 3. The Kier molecular flexibility index (Phi) is 5.49. The van der Waals surface area contributed by atoms with Crippen molar-refractivity contribution in [2.45, 2.75) is 6.04 Å². The number of nitrogens with two attached hydrogens (primary N) is 1. The molecule has 0 radical (unpaired) electrons. The van der Waals surface area contributed by atoms with Crippen molar-refractivity contribution >= 4 is 5.91 Å². The molecule has 0 bridgehead atoms. The normalized spacial score (nSPS) is 11.8. The van der Waals surface area contributed by atoms with Gasteiger partial charge in [0.1, 0.15) is 12.6 Å². The summed E-state index contributed by atoms with van der Waals surface area (Å²) < 4.78 is 18.7. The summed E-state index contributed by atoms with van der Waals surface area (Å²) in [7, 11) is 1.65. The predicted molar refractivity (Wildman–Crippen MR) is 82.9 cm³/mol. The molecule has 0 saturated carbocycles. The number of ether oxygens (including phenoxy) is 1. The van der Waals surface area contributed by atoms with E-state index in [1.54, 1.807) is 25.2 Å². The van der Waals surface area contributed by atoms with Crippen molar-refractivity contribution in [1.29, 1.82) is 0 Å². The molecule has 1 unspecified atom stereocenters. The lowest BCUT2D eigenvalue weighted by molar-refractivity contribution is -0.131. The standard InChI is InChI=1S/C17H19FN2O2/c1-20(11-12-22-15-10-6-5-9-14(15)18)17(21)16(19)13-7-3-2-4-8-13/h2-10,16H,11-12,19H2,1H3. The third-order valence-electron chi connectivity index (χ3n) is 3.32. The number of para-hydroxylation sites is 1. The van der Waals surface area contributed by atoms with E-state index in [1.807, 2.05) is 30.3 Å². The largest absolute Gasteiger partial charge is 0.489 e. The van der Waals surface area contributed by atoms with Crippen molar-refractivity contribution < 1.29 is 13.9 Å². The number of likely N-dealkylation sites (N-methyl/N-ethyl adjacent to an activating group) is 1. The van der Waals surface area contributed by atoms with E-state index in [-0.39, 0.29) is 18.3 Å². The topological polar surface area (TPSA) is 55.6 Å². The summed E-state index contributed by atoms with van der Waals surface area (Å²) in [5, 5.41) is 0. The molecule has 2 aromatic rings. The van der Waals surface area contributed by atoms with Crippen LogP contribution in [0.25, 0.3) is 0 Å². The zero-order chi connectivity index (χ0) is 15.9. The number of hydrogen-bond donors (Lipinski definition) is 1. The van der Waals surface area contributed by atoms with Gasteiger partial charge in [-0.1, -0.05) is 42.5 Å². The minimum atomic E-state index is -0.709. The summed E-state index contributed by atoms with van der Waals surface area (Å²) in [6.07, 6.45) is 0. The lowest BCUT2D eigenvalue weighted by atomic mass is 10.1. The van der Waals surface area contributed by atoms with Gasteiger partial charge in [-0.05, 0) is 17.7 Å². The summed E-state index contributed by atoms with van der Waals surface area (Å²) in [4.78, 5) is 13.7. The van der Waals surface area contributed by atoms with Crippen LogP contribution >= 0.6 is 0 Å². The quantitative estimate of drug-likeness (QED) is 0.891. The first-order valence-corrected chi connectivity index (χ1v) is 7.02. The number of carbonyl (C=O) groups excluding carboxylic acids is 1. The van der Waals surface area contributed by atoms with Gasteiger partial charge < -0.3 is 15.4 Å². The van der Waals surface area contributed by atoms with Gasteiger partial charge in [0.05, 0.1) is 6.54 Å². The van der Waals surface area contributed by atoms with Crippen LogP contribution in [-0.4, -0.2) is 31.0 Å². The smallest absolute Gasteiger partial charge is 0.243 e. The van der Waals surface area contributed by atoms with Crippen molar-refractivity contribution in [2.75, 3.05) is 20.2 Å². The average Bonchev–Trinajstić information content (AvgIpc) is 2.56. The molecule has 0 aliphatic heterocycles. The van der Waals surface area contributed by atoms with Crippen LogP contribution in [0.5, 0.6) is 5.75 Å². The van der Waals surface area contributed by atoms with Gasteiger partial charge in [-0.2, -0.15) is 0 Å². The van der Waals surface area contributed by atoms with E-state index in [0.717, 1.165) is 5.56 Å². The Morgan fingerprint density at radius 1 is 1.18 bits per heavy atom. The molecular weight excluding hydrogens is 283 g/mol. The molecule has 116 valence electrons. The lowest BCUT2D eigenvalue weighted by Crippen LogP contribution is -2.38. The summed E-state index contributed by atoms with van der Waals surface area (Å²) in [5.41, 5.74) is 6.71. The summed E-state index contributed by atoms with van der Waals surface area (Å²) in [5.74, 6) is -0.448. The Balaban J connectivity index is 1.85. The van der Waals surface area contributed by atoms with E-state index in [2.05, 4.69) is 0 Å². The fourth-order valence-electron chi connectivity index (χ4n) is 2.00. The monoisotopic (exact) mass is 302 g/mol. The average molecular weight is 302 g/mol. The van der Waals surface area contributed by atoms with Crippen LogP contribution < -0.4 is 10.5 Å². The molecule has 2 rings (SSSR count). The van der Waals surface area contributed by atoms with Crippen LogP contribution in [0.4, 0.5) is 4.39 Å². The maximum atomic E-state index is 13.4. The first-order chi connectivity index (χ1) is 10.6. The maximum Gasteiger partial charge on any atom is 0.243 e. The van der Waals surface area contributed by atoms with Crippen LogP contribution in [0.2, 0.25) is 0 Å². The first kappa shape index (κ1) is 16.0. The Morgan fingerprint density at radius 2 is 1.82 bits per heavy atom. The van der Waals surface area contributed by atoms with Crippen LogP contribution in [0, 0.1) is 5.82 Å². The Morgan fingerprint density at radius 3 is 2.50 bits per heavy atom. The van der Waals surface area contributed by atoms with Crippen molar-refractivity contribution in [1.82, 2.24) is 4.90 Å². The second kappa shape index (κ2) is 7.56. The van der Waals surface area contributed by atoms with Gasteiger partial charge in [-0.25, -0.2) is 4.39 Å². The van der Waals surface area contributed by atoms with E-state index in [9.17, 15) is 9.18 Å². The van der Waals surface area contributed by atoms with Gasteiger partial charge >= 0.3 is 0 Å². The van der Waals surface area contributed by atoms with Gasteiger partial charge in [-0.15, -0.1) is 0 Å². The van der Waals surface area contributed by atoms with E-state index in [4.69, 9.17) is 10.5 Å². The van der Waals surface area contributed by atoms with Crippen LogP contribution in [0.3, 0.4) is 0 Å². The second-order valence-corrected chi connectivity index (χ2v) is 4.93. The fourth-order valence-corrected chi connectivity index (χ4v) is 2.00. The van der Waals surface area contributed by atoms with Crippen molar-refractivity contribution in [3.05, 3.63) is 66.0 Å². The molecule has 0 aromatic heterocycles. The minimum absolute atomic E-state index is 0.177. The molecule has 0 fully saturated rings. The van der Waals surface area contributed by atoms with Gasteiger partial charge in [0, 0.05) is 7.05 Å². The molecule has 1 atom stereocenters. The Labute approximate surface area is 129 Å². The summed E-state index contributed by atoms with van der Waals surface area (Å²) in [6.45, 7) is 0.526. The number of amides is 1. The maximum absolute atomic E-state index is 13.4. The highest BCUT2D eigenvalue weighted by molar-refractivity contribution is 5.82. The highest BCUT2D eigenvalue weighted by Gasteiger charge is 2.19. The van der Waals surface area contributed by atoms with E-state index >= 15 is 0 Å². The number of rotatable bonds is 6. The van der Waals surface area contributed by atoms with E-state index in [0.29, 0.717) is 6.54 Å². The van der Waals surface area contributed by atoms with Crippen LogP contribution in [0.1, 0.15) is 11.6 Å². The second-order valence-electron chi connectivity index (χ2n) is 4.93. The predicted octanol–water partition coefficient (Wildman–Crippen LogP) is 2.36. The van der Waals surface area contributed by atoms with E-state index in [1.165, 1.54) is 11.0 Å². The third-order valence-corrected chi connectivity index (χ3v) is 3.32. The minimum Gasteiger partial charge on any atom is -0.489 e. The highest BCUT2D eigenvalue weighted by atomic mass is 19.1. The molecule has 5 heteroatoms. The summed E-state index contributed by atoms with van der Waals surface area (Å²) in [6, 6.07) is 14.6. The highest BCUT2D eigenvalue weighted by Crippen LogP contribution is 2.15. The molecule has 4 nitrogen and oxygen atoms in total. The molecule has 0 saturated heterocycles. The molecule has 0 aliphatic rings. The zero-order valence-electron chi connectivity index (χ0n) is 12.4. The van der Waals surface area contributed by atoms with Gasteiger partial charge in [0.2, 0.25) is 5.91 Å². The number of carbonyl (C=O) groups is 1. The lowest BCUT2D eigenvalue weighted by Gasteiger charge is -2.21. The van der Waals surface area contributed by atoms with E-state index < -0.39 is 11.9 Å². The molecule has 22 heavy (non-hydrogen) atoms. The summed E-state index contributed by atoms with van der Waals surface area (Å²) >= 11 is 0. The van der Waals surface area contributed by atoms with Crippen molar-refractivity contribution in [3.8, 4) is 5.75 Å². The fraction of sp³-hybridized carbons (Fsp3) is 0.235. The molecule has 0 spiro atoms. The van der Waals surface area contributed by atoms with Crippen LogP contribution in [-0.2, 0) is 4.79 Å². The SMILES string of the molecule is CN(CCOc1ccccc1F)C(=O)C(N)c1ccccc1. The molecule has 2 N–H and O–H groups in total. The van der Waals surface area contributed by atoms with Crippen molar-refractivity contribution in [3.63, 3.8) is 0 Å². The number of halogens is 1. The molecular formula is C17H19FN2O2.